The van der Waals surface area contributed by atoms with E-state index in [1.165, 1.54) is 5.56 Å². The van der Waals surface area contributed by atoms with Gasteiger partial charge in [-0.25, -0.2) is 0 Å². The Hall–Kier alpha value is -1.88. The third kappa shape index (κ3) is 3.78. The van der Waals surface area contributed by atoms with Gasteiger partial charge in [0.15, 0.2) is 0 Å². The third-order valence-corrected chi connectivity index (χ3v) is 5.33. The van der Waals surface area contributed by atoms with Crippen LogP contribution in [0.15, 0.2) is 24.3 Å². The van der Waals surface area contributed by atoms with Crippen LogP contribution in [0, 0.1) is 18.8 Å². The molecule has 3 rings (SSSR count). The zero-order chi connectivity index (χ0) is 17.1. The summed E-state index contributed by atoms with van der Waals surface area (Å²) in [6.07, 6.45) is 0.443. The first-order chi connectivity index (χ1) is 11.5. The second-order valence-corrected chi connectivity index (χ2v) is 7.08. The molecule has 1 unspecified atom stereocenters. The van der Waals surface area contributed by atoms with E-state index in [-0.39, 0.29) is 17.7 Å². The molecule has 0 aliphatic carbocycles. The Morgan fingerprint density at radius 1 is 1.08 bits per heavy atom. The fraction of sp³-hybridized carbons (Fsp3) is 0.579. The van der Waals surface area contributed by atoms with E-state index in [0.29, 0.717) is 38.5 Å². The Morgan fingerprint density at radius 3 is 2.21 bits per heavy atom. The molecule has 0 saturated carbocycles. The van der Waals surface area contributed by atoms with E-state index in [0.717, 1.165) is 18.7 Å². The number of nitrogens with one attached hydrogen (secondary N) is 1. The highest BCUT2D eigenvalue weighted by atomic mass is 16.2. The molecule has 0 aromatic heterocycles. The number of hydrogen-bond donors (Lipinski definition) is 1. The number of amides is 2. The minimum atomic E-state index is 0.0843. The lowest BCUT2D eigenvalue weighted by atomic mass is 9.88. The van der Waals surface area contributed by atoms with Crippen molar-refractivity contribution in [3.8, 4) is 0 Å². The van der Waals surface area contributed by atoms with Gasteiger partial charge in [0.05, 0.1) is 6.42 Å². The first-order valence-corrected chi connectivity index (χ1v) is 8.87. The Balaban J connectivity index is 1.48. The van der Waals surface area contributed by atoms with Crippen molar-refractivity contribution in [1.29, 1.82) is 0 Å². The summed E-state index contributed by atoms with van der Waals surface area (Å²) in [6.45, 7) is 8.57. The molecule has 1 atom stereocenters. The topological polar surface area (TPSA) is 52.7 Å². The van der Waals surface area contributed by atoms with Crippen LogP contribution in [0.2, 0.25) is 0 Å². The van der Waals surface area contributed by atoms with Crippen LogP contribution in [-0.4, -0.2) is 60.9 Å². The molecular formula is C19H27N3O2. The fourth-order valence-corrected chi connectivity index (χ4v) is 3.32. The quantitative estimate of drug-likeness (QED) is 0.899. The lowest BCUT2D eigenvalue weighted by molar-refractivity contribution is -0.143. The van der Waals surface area contributed by atoms with Gasteiger partial charge in [-0.1, -0.05) is 36.8 Å². The Kier molecular flexibility index (Phi) is 5.19. The van der Waals surface area contributed by atoms with Crippen molar-refractivity contribution < 1.29 is 9.59 Å². The number of benzene rings is 1. The maximum atomic E-state index is 12.5. The lowest BCUT2D eigenvalue weighted by Crippen LogP contribution is -2.55. The zero-order valence-corrected chi connectivity index (χ0v) is 14.6. The molecule has 2 aliphatic heterocycles. The van der Waals surface area contributed by atoms with E-state index in [9.17, 15) is 9.59 Å². The van der Waals surface area contributed by atoms with Crippen molar-refractivity contribution in [3.63, 3.8) is 0 Å². The molecule has 2 saturated heterocycles. The number of aryl methyl sites for hydroxylation is 1. The van der Waals surface area contributed by atoms with Crippen molar-refractivity contribution in [2.24, 2.45) is 11.8 Å². The predicted octanol–water partition coefficient (Wildman–Crippen LogP) is 1.06. The molecule has 0 spiro atoms. The van der Waals surface area contributed by atoms with Crippen LogP contribution in [0.3, 0.4) is 0 Å². The van der Waals surface area contributed by atoms with Crippen molar-refractivity contribution in [2.75, 3.05) is 39.3 Å². The molecule has 2 amide bonds. The van der Waals surface area contributed by atoms with E-state index in [1.807, 2.05) is 47.9 Å². The van der Waals surface area contributed by atoms with Crippen molar-refractivity contribution >= 4 is 11.8 Å². The molecule has 2 aliphatic rings. The molecule has 1 aromatic carbocycles. The van der Waals surface area contributed by atoms with Crippen LogP contribution < -0.4 is 5.32 Å². The van der Waals surface area contributed by atoms with E-state index < -0.39 is 0 Å². The van der Waals surface area contributed by atoms with E-state index in [4.69, 9.17) is 0 Å². The van der Waals surface area contributed by atoms with Crippen LogP contribution >= 0.6 is 0 Å². The maximum absolute atomic E-state index is 12.5. The van der Waals surface area contributed by atoms with Crippen LogP contribution in [-0.2, 0) is 16.0 Å². The third-order valence-electron chi connectivity index (χ3n) is 5.33. The van der Waals surface area contributed by atoms with E-state index >= 15 is 0 Å². The summed E-state index contributed by atoms with van der Waals surface area (Å²) in [5, 5.41) is 3.22. The number of carbonyl (C=O) groups is 2. The molecule has 2 fully saturated rings. The molecule has 5 heteroatoms. The molecule has 5 nitrogen and oxygen atoms in total. The Labute approximate surface area is 144 Å². The first kappa shape index (κ1) is 17.0. The summed E-state index contributed by atoms with van der Waals surface area (Å²) in [6, 6.07) is 8.11. The molecule has 130 valence electrons. The highest BCUT2D eigenvalue weighted by Gasteiger charge is 2.33. The smallest absolute Gasteiger partial charge is 0.227 e. The van der Waals surface area contributed by atoms with Crippen LogP contribution in [0.4, 0.5) is 0 Å². The summed E-state index contributed by atoms with van der Waals surface area (Å²) in [5.74, 6) is 0.953. The van der Waals surface area contributed by atoms with E-state index in [2.05, 4.69) is 5.32 Å². The van der Waals surface area contributed by atoms with Crippen LogP contribution in [0.5, 0.6) is 0 Å². The van der Waals surface area contributed by atoms with Gasteiger partial charge in [0, 0.05) is 32.1 Å². The number of rotatable bonds is 4. The summed E-state index contributed by atoms with van der Waals surface area (Å²) < 4.78 is 0. The normalized spacial score (nSPS) is 19.8. The maximum Gasteiger partial charge on any atom is 0.227 e. The van der Waals surface area contributed by atoms with Crippen molar-refractivity contribution in [3.05, 3.63) is 35.4 Å². The monoisotopic (exact) mass is 329 g/mol. The number of piperazine rings is 1. The second kappa shape index (κ2) is 7.34. The van der Waals surface area contributed by atoms with Crippen molar-refractivity contribution in [1.82, 2.24) is 15.1 Å². The molecular weight excluding hydrogens is 302 g/mol. The van der Waals surface area contributed by atoms with Gasteiger partial charge in [-0.2, -0.15) is 0 Å². The van der Waals surface area contributed by atoms with Gasteiger partial charge in [0.1, 0.15) is 0 Å². The highest BCUT2D eigenvalue weighted by molar-refractivity contribution is 5.81. The average molecular weight is 329 g/mol. The minimum Gasteiger partial charge on any atom is -0.339 e. The summed E-state index contributed by atoms with van der Waals surface area (Å²) in [7, 11) is 0. The Morgan fingerprint density at radius 2 is 1.67 bits per heavy atom. The van der Waals surface area contributed by atoms with Gasteiger partial charge in [-0.3, -0.25) is 9.59 Å². The van der Waals surface area contributed by atoms with E-state index in [1.54, 1.807) is 0 Å². The highest BCUT2D eigenvalue weighted by Crippen LogP contribution is 2.19. The van der Waals surface area contributed by atoms with Crippen molar-refractivity contribution in [2.45, 2.75) is 20.3 Å². The van der Waals surface area contributed by atoms with Gasteiger partial charge < -0.3 is 15.1 Å². The van der Waals surface area contributed by atoms with Gasteiger partial charge >= 0.3 is 0 Å². The second-order valence-electron chi connectivity index (χ2n) is 7.08. The SMILES string of the molecule is Cc1ccc(CC(=O)N2CCN(C(=O)C(C)C3CNC3)CC2)cc1. The standard InChI is InChI=1S/C19H27N3O2/c1-14-3-5-16(6-4-14)11-18(23)21-7-9-22(10-8-21)19(24)15(2)17-12-20-13-17/h3-6,15,17,20H,7-13H2,1-2H3. The summed E-state index contributed by atoms with van der Waals surface area (Å²) >= 11 is 0. The van der Waals surface area contributed by atoms with Crippen LogP contribution in [0.1, 0.15) is 18.1 Å². The predicted molar refractivity (Wildman–Crippen MR) is 93.6 cm³/mol. The minimum absolute atomic E-state index is 0.0843. The molecule has 24 heavy (non-hydrogen) atoms. The first-order valence-electron chi connectivity index (χ1n) is 8.87. The lowest BCUT2D eigenvalue weighted by Gasteiger charge is -2.39. The number of nitrogens with zero attached hydrogens (tertiary/aromatic N) is 2. The zero-order valence-electron chi connectivity index (χ0n) is 14.6. The summed E-state index contributed by atoms with van der Waals surface area (Å²) in [5.41, 5.74) is 2.25. The Bertz CT molecular complexity index is 587. The molecule has 0 radical (unpaired) electrons. The van der Waals surface area contributed by atoms with Gasteiger partial charge in [0.25, 0.3) is 0 Å². The van der Waals surface area contributed by atoms with Crippen LogP contribution in [0.25, 0.3) is 0 Å². The summed E-state index contributed by atoms with van der Waals surface area (Å²) in [4.78, 5) is 28.8. The molecule has 1 N–H and O–H groups in total. The number of hydrogen-bond acceptors (Lipinski definition) is 3. The fourth-order valence-electron chi connectivity index (χ4n) is 3.32. The number of carbonyl (C=O) groups excluding carboxylic acids is 2. The van der Waals surface area contributed by atoms with Gasteiger partial charge in [-0.05, 0) is 31.5 Å². The van der Waals surface area contributed by atoms with Gasteiger partial charge in [0.2, 0.25) is 11.8 Å². The largest absolute Gasteiger partial charge is 0.339 e. The average Bonchev–Trinajstić information content (AvgIpc) is 2.55. The molecule has 2 heterocycles. The molecule has 0 bridgehead atoms. The van der Waals surface area contributed by atoms with Gasteiger partial charge in [-0.15, -0.1) is 0 Å². The molecule has 1 aromatic rings.